The molecular weight excluding hydrogens is 347 g/mol. The summed E-state index contributed by atoms with van der Waals surface area (Å²) in [6.45, 7) is 0. The Bertz CT molecular complexity index is 588. The fourth-order valence-corrected chi connectivity index (χ4v) is 4.55. The molecule has 0 bridgehead atoms. The van der Waals surface area contributed by atoms with Crippen molar-refractivity contribution in [2.45, 2.75) is 37.0 Å². The summed E-state index contributed by atoms with van der Waals surface area (Å²) in [7, 11) is -3.09. The molecule has 0 amide bonds. The Morgan fingerprint density at radius 3 is 2.75 bits per heavy atom. The van der Waals surface area contributed by atoms with Gasteiger partial charge in [0.25, 0.3) is 0 Å². The van der Waals surface area contributed by atoms with Crippen LogP contribution in [0.5, 0.6) is 0 Å². The molecule has 0 saturated heterocycles. The van der Waals surface area contributed by atoms with Gasteiger partial charge in [-0.25, -0.2) is 12.8 Å². The van der Waals surface area contributed by atoms with E-state index in [2.05, 4.69) is 15.9 Å². The van der Waals surface area contributed by atoms with Gasteiger partial charge in [-0.15, -0.1) is 0 Å². The minimum Gasteiger partial charge on any atom is -0.388 e. The molecule has 0 spiro atoms. The van der Waals surface area contributed by atoms with Crippen LogP contribution >= 0.6 is 15.9 Å². The Balaban J connectivity index is 2.21. The number of aliphatic hydroxyl groups excluding tert-OH is 1. The third-order valence-corrected chi connectivity index (χ3v) is 6.49. The molecule has 1 aliphatic carbocycles. The molecule has 6 heteroatoms. The lowest BCUT2D eigenvalue weighted by atomic mass is 9.82. The molecule has 112 valence electrons. The van der Waals surface area contributed by atoms with E-state index < -0.39 is 27.0 Å². The van der Waals surface area contributed by atoms with Gasteiger partial charge in [0.1, 0.15) is 15.7 Å². The van der Waals surface area contributed by atoms with Crippen molar-refractivity contribution >= 4 is 25.8 Å². The third-order valence-electron chi connectivity index (χ3n) is 4.02. The predicted molar refractivity (Wildman–Crippen MR) is 79.6 cm³/mol. The molecule has 3 nitrogen and oxygen atoms in total. The lowest BCUT2D eigenvalue weighted by Gasteiger charge is -2.31. The first kappa shape index (κ1) is 15.9. The van der Waals surface area contributed by atoms with E-state index in [0.29, 0.717) is 18.4 Å². The van der Waals surface area contributed by atoms with Crippen molar-refractivity contribution in [3.63, 3.8) is 0 Å². The minimum atomic E-state index is -3.09. The van der Waals surface area contributed by atoms with Crippen molar-refractivity contribution < 1.29 is 17.9 Å². The van der Waals surface area contributed by atoms with Gasteiger partial charge in [0.05, 0.1) is 15.8 Å². The fraction of sp³-hybridized carbons (Fsp3) is 0.571. The molecule has 1 saturated carbocycles. The molecule has 2 rings (SSSR count). The molecule has 1 aromatic rings. The largest absolute Gasteiger partial charge is 0.388 e. The molecule has 20 heavy (non-hydrogen) atoms. The highest BCUT2D eigenvalue weighted by molar-refractivity contribution is 9.10. The van der Waals surface area contributed by atoms with Crippen LogP contribution in [0, 0.1) is 11.7 Å². The Labute approximate surface area is 127 Å². The molecule has 0 radical (unpaired) electrons. The fourth-order valence-electron chi connectivity index (χ4n) is 2.86. The summed E-state index contributed by atoms with van der Waals surface area (Å²) in [4.78, 5) is 0. The van der Waals surface area contributed by atoms with Crippen molar-refractivity contribution in [1.29, 1.82) is 0 Å². The lowest BCUT2D eigenvalue weighted by molar-refractivity contribution is 0.0848. The standard InChI is InChI=1S/C14H18BrFO3S/c1-20(18,19)10-5-2-4-9(8-10)14(17)11-6-3-7-12(16)13(11)15/h3,6-7,9-10,14,17H,2,4-5,8H2,1H3. The smallest absolute Gasteiger partial charge is 0.150 e. The predicted octanol–water partition coefficient (Wildman–Crippen LogP) is 3.23. The van der Waals surface area contributed by atoms with Crippen molar-refractivity contribution in [3.8, 4) is 0 Å². The van der Waals surface area contributed by atoms with Crippen molar-refractivity contribution in [2.24, 2.45) is 5.92 Å². The van der Waals surface area contributed by atoms with Crippen LogP contribution in [0.1, 0.15) is 37.4 Å². The number of aliphatic hydroxyl groups is 1. The zero-order valence-electron chi connectivity index (χ0n) is 11.2. The molecule has 1 N–H and O–H groups in total. The number of benzene rings is 1. The van der Waals surface area contributed by atoms with Crippen molar-refractivity contribution in [3.05, 3.63) is 34.1 Å². The van der Waals surface area contributed by atoms with Gasteiger partial charge < -0.3 is 5.11 Å². The molecule has 0 aromatic heterocycles. The van der Waals surface area contributed by atoms with Crippen LogP contribution in [0.2, 0.25) is 0 Å². The van der Waals surface area contributed by atoms with Gasteiger partial charge in [0.2, 0.25) is 0 Å². The first-order valence-electron chi connectivity index (χ1n) is 6.61. The highest BCUT2D eigenvalue weighted by atomic mass is 79.9. The number of rotatable bonds is 3. The second kappa shape index (κ2) is 6.12. The maximum Gasteiger partial charge on any atom is 0.150 e. The molecule has 0 aliphatic heterocycles. The van der Waals surface area contributed by atoms with E-state index in [0.717, 1.165) is 12.8 Å². The van der Waals surface area contributed by atoms with Crippen LogP contribution in [0.4, 0.5) is 4.39 Å². The maximum absolute atomic E-state index is 13.5. The van der Waals surface area contributed by atoms with Crippen LogP contribution in [0.25, 0.3) is 0 Å². The summed E-state index contributed by atoms with van der Waals surface area (Å²) < 4.78 is 37.1. The topological polar surface area (TPSA) is 54.4 Å². The van der Waals surface area contributed by atoms with E-state index in [1.54, 1.807) is 12.1 Å². The summed E-state index contributed by atoms with van der Waals surface area (Å²) in [5.41, 5.74) is 0.490. The number of hydrogen-bond acceptors (Lipinski definition) is 3. The first-order chi connectivity index (χ1) is 9.30. The molecule has 3 atom stereocenters. The van der Waals surface area contributed by atoms with Crippen LogP contribution in [-0.2, 0) is 9.84 Å². The summed E-state index contributed by atoms with van der Waals surface area (Å²) in [5.74, 6) is -0.571. The number of hydrogen-bond donors (Lipinski definition) is 1. The Hall–Kier alpha value is -0.460. The normalized spacial score (nSPS) is 25.4. The lowest BCUT2D eigenvalue weighted by Crippen LogP contribution is -2.30. The van der Waals surface area contributed by atoms with Crippen LogP contribution in [0.3, 0.4) is 0 Å². The van der Waals surface area contributed by atoms with Gasteiger partial charge in [-0.3, -0.25) is 0 Å². The van der Waals surface area contributed by atoms with E-state index >= 15 is 0 Å². The maximum atomic E-state index is 13.5. The van der Waals surface area contributed by atoms with Crippen molar-refractivity contribution in [1.82, 2.24) is 0 Å². The van der Waals surface area contributed by atoms with E-state index in [1.807, 2.05) is 0 Å². The third kappa shape index (κ3) is 3.40. The van der Waals surface area contributed by atoms with Gasteiger partial charge in [-0.1, -0.05) is 18.6 Å². The summed E-state index contributed by atoms with van der Waals surface area (Å²) >= 11 is 3.15. The summed E-state index contributed by atoms with van der Waals surface area (Å²) in [6.07, 6.45) is 3.01. The quantitative estimate of drug-likeness (QED) is 0.895. The Morgan fingerprint density at radius 1 is 1.40 bits per heavy atom. The minimum absolute atomic E-state index is 0.151. The molecule has 1 aliphatic rings. The van der Waals surface area contributed by atoms with Gasteiger partial charge >= 0.3 is 0 Å². The van der Waals surface area contributed by atoms with Gasteiger partial charge in [0, 0.05) is 6.26 Å². The molecular formula is C14H18BrFO3S. The first-order valence-corrected chi connectivity index (χ1v) is 9.36. The highest BCUT2D eigenvalue weighted by Crippen LogP contribution is 2.39. The van der Waals surface area contributed by atoms with Crippen molar-refractivity contribution in [2.75, 3.05) is 6.26 Å². The van der Waals surface area contributed by atoms with E-state index in [1.165, 1.54) is 12.3 Å². The molecule has 3 unspecified atom stereocenters. The molecule has 0 heterocycles. The van der Waals surface area contributed by atoms with Crippen LogP contribution in [-0.4, -0.2) is 25.0 Å². The SMILES string of the molecule is CS(=O)(=O)C1CCCC(C(O)c2cccc(F)c2Br)C1. The average molecular weight is 365 g/mol. The zero-order valence-corrected chi connectivity index (χ0v) is 13.6. The monoisotopic (exact) mass is 364 g/mol. The summed E-state index contributed by atoms with van der Waals surface area (Å²) in [6, 6.07) is 4.54. The summed E-state index contributed by atoms with van der Waals surface area (Å²) in [5, 5.41) is 10.0. The second-order valence-electron chi connectivity index (χ2n) is 5.47. The zero-order chi connectivity index (χ0) is 14.9. The van der Waals surface area contributed by atoms with Gasteiger partial charge in [-0.05, 0) is 52.7 Å². The second-order valence-corrected chi connectivity index (χ2v) is 8.58. The van der Waals surface area contributed by atoms with Crippen LogP contribution in [0.15, 0.2) is 22.7 Å². The van der Waals surface area contributed by atoms with E-state index in [-0.39, 0.29) is 10.4 Å². The average Bonchev–Trinajstić information content (AvgIpc) is 2.40. The van der Waals surface area contributed by atoms with E-state index in [4.69, 9.17) is 0 Å². The Morgan fingerprint density at radius 2 is 2.10 bits per heavy atom. The number of sulfone groups is 1. The van der Waals surface area contributed by atoms with Gasteiger partial charge in [-0.2, -0.15) is 0 Å². The highest BCUT2D eigenvalue weighted by Gasteiger charge is 2.33. The van der Waals surface area contributed by atoms with E-state index in [9.17, 15) is 17.9 Å². The molecule has 1 aromatic carbocycles. The molecule has 1 fully saturated rings. The number of halogens is 2. The van der Waals surface area contributed by atoms with Gasteiger partial charge in [0.15, 0.2) is 0 Å². The van der Waals surface area contributed by atoms with Crippen LogP contribution < -0.4 is 0 Å². The Kier molecular flexibility index (Phi) is 4.87.